The Morgan fingerprint density at radius 3 is 2.79 bits per heavy atom. The van der Waals surface area contributed by atoms with Crippen LogP contribution in [0.3, 0.4) is 0 Å². The standard InChI is InChI=1S/C16H31NO2/c1-3-10-19-14-6-5-9-17(12-14)15-11-13(4-2)7-8-16(15)18/h13-16,18H,3-12H2,1-2H3. The number of ether oxygens (including phenoxy) is 1. The summed E-state index contributed by atoms with van der Waals surface area (Å²) in [5.74, 6) is 0.810. The highest BCUT2D eigenvalue weighted by Crippen LogP contribution is 2.31. The third-order valence-corrected chi connectivity index (χ3v) is 4.90. The first-order valence-corrected chi connectivity index (χ1v) is 8.28. The molecule has 0 aromatic rings. The molecule has 3 heteroatoms. The molecule has 1 aliphatic heterocycles. The summed E-state index contributed by atoms with van der Waals surface area (Å²) in [6.07, 6.45) is 8.41. The van der Waals surface area contributed by atoms with E-state index in [1.807, 2.05) is 0 Å². The number of likely N-dealkylation sites (tertiary alicyclic amines) is 1. The molecule has 0 spiro atoms. The smallest absolute Gasteiger partial charge is 0.0702 e. The maximum atomic E-state index is 10.3. The van der Waals surface area contributed by atoms with Crippen molar-refractivity contribution in [1.29, 1.82) is 0 Å². The van der Waals surface area contributed by atoms with Crippen LogP contribution in [0, 0.1) is 5.92 Å². The Balaban J connectivity index is 1.88. The van der Waals surface area contributed by atoms with Crippen LogP contribution in [-0.2, 0) is 4.74 Å². The van der Waals surface area contributed by atoms with Crippen LogP contribution in [0.4, 0.5) is 0 Å². The highest BCUT2D eigenvalue weighted by molar-refractivity contribution is 4.89. The quantitative estimate of drug-likeness (QED) is 0.833. The van der Waals surface area contributed by atoms with E-state index >= 15 is 0 Å². The molecule has 19 heavy (non-hydrogen) atoms. The molecule has 2 fully saturated rings. The summed E-state index contributed by atoms with van der Waals surface area (Å²) in [6.45, 7) is 7.49. The van der Waals surface area contributed by atoms with E-state index in [2.05, 4.69) is 18.7 Å². The second kappa shape index (κ2) is 7.61. The van der Waals surface area contributed by atoms with Crippen LogP contribution in [-0.4, -0.2) is 48.0 Å². The van der Waals surface area contributed by atoms with Gasteiger partial charge in [0.15, 0.2) is 0 Å². The Morgan fingerprint density at radius 2 is 2.05 bits per heavy atom. The van der Waals surface area contributed by atoms with Gasteiger partial charge in [0.05, 0.1) is 12.2 Å². The van der Waals surface area contributed by atoms with Gasteiger partial charge in [-0.05, 0) is 51.0 Å². The van der Waals surface area contributed by atoms with E-state index < -0.39 is 0 Å². The van der Waals surface area contributed by atoms with Gasteiger partial charge in [-0.3, -0.25) is 4.90 Å². The van der Waals surface area contributed by atoms with Gasteiger partial charge in [0, 0.05) is 19.2 Å². The molecule has 1 aliphatic carbocycles. The topological polar surface area (TPSA) is 32.7 Å². The first-order valence-electron chi connectivity index (χ1n) is 8.28. The van der Waals surface area contributed by atoms with E-state index in [1.54, 1.807) is 0 Å². The van der Waals surface area contributed by atoms with Crippen molar-refractivity contribution in [2.24, 2.45) is 5.92 Å². The number of aliphatic hydroxyl groups is 1. The lowest BCUT2D eigenvalue weighted by molar-refractivity contribution is -0.0536. The summed E-state index contributed by atoms with van der Waals surface area (Å²) in [5.41, 5.74) is 0. The average Bonchev–Trinajstić information content (AvgIpc) is 2.46. The average molecular weight is 269 g/mol. The molecular formula is C16H31NO2. The van der Waals surface area contributed by atoms with Crippen LogP contribution in [0.5, 0.6) is 0 Å². The Bertz CT molecular complexity index is 259. The van der Waals surface area contributed by atoms with Crippen molar-refractivity contribution in [2.75, 3.05) is 19.7 Å². The van der Waals surface area contributed by atoms with Crippen LogP contribution in [0.1, 0.15) is 58.8 Å². The fraction of sp³-hybridized carbons (Fsp3) is 1.00. The predicted molar refractivity (Wildman–Crippen MR) is 78.3 cm³/mol. The van der Waals surface area contributed by atoms with Gasteiger partial charge >= 0.3 is 0 Å². The lowest BCUT2D eigenvalue weighted by atomic mass is 9.81. The Morgan fingerprint density at radius 1 is 1.21 bits per heavy atom. The SMILES string of the molecule is CCCOC1CCCN(C2CC(CC)CCC2O)C1. The van der Waals surface area contributed by atoms with Gasteiger partial charge in [0.25, 0.3) is 0 Å². The van der Waals surface area contributed by atoms with Crippen LogP contribution in [0.2, 0.25) is 0 Å². The van der Waals surface area contributed by atoms with Crippen molar-refractivity contribution in [3.8, 4) is 0 Å². The molecule has 3 nitrogen and oxygen atoms in total. The summed E-state index contributed by atoms with van der Waals surface area (Å²) in [7, 11) is 0. The van der Waals surface area contributed by atoms with Crippen molar-refractivity contribution >= 4 is 0 Å². The van der Waals surface area contributed by atoms with E-state index in [0.29, 0.717) is 12.1 Å². The maximum absolute atomic E-state index is 10.3. The van der Waals surface area contributed by atoms with Crippen molar-refractivity contribution in [2.45, 2.75) is 77.0 Å². The second-order valence-electron chi connectivity index (χ2n) is 6.35. The molecule has 2 aliphatic rings. The van der Waals surface area contributed by atoms with Crippen LogP contribution >= 0.6 is 0 Å². The van der Waals surface area contributed by atoms with Gasteiger partial charge in [-0.2, -0.15) is 0 Å². The van der Waals surface area contributed by atoms with Crippen LogP contribution in [0.25, 0.3) is 0 Å². The predicted octanol–water partition coefficient (Wildman–Crippen LogP) is 2.82. The Labute approximate surface area is 118 Å². The number of piperidine rings is 1. The lowest BCUT2D eigenvalue weighted by Gasteiger charge is -2.44. The van der Waals surface area contributed by atoms with E-state index in [1.165, 1.54) is 32.1 Å². The minimum atomic E-state index is -0.118. The summed E-state index contributed by atoms with van der Waals surface area (Å²) < 4.78 is 5.92. The van der Waals surface area contributed by atoms with Gasteiger partial charge in [-0.1, -0.05) is 20.3 Å². The number of aliphatic hydroxyl groups excluding tert-OH is 1. The normalized spacial score (nSPS) is 37.4. The van der Waals surface area contributed by atoms with Crippen molar-refractivity contribution in [3.63, 3.8) is 0 Å². The molecule has 0 amide bonds. The van der Waals surface area contributed by atoms with Crippen LogP contribution < -0.4 is 0 Å². The van der Waals surface area contributed by atoms with Gasteiger partial charge < -0.3 is 9.84 Å². The zero-order valence-electron chi connectivity index (χ0n) is 12.7. The van der Waals surface area contributed by atoms with Crippen molar-refractivity contribution in [3.05, 3.63) is 0 Å². The van der Waals surface area contributed by atoms with E-state index in [4.69, 9.17) is 4.74 Å². The molecule has 1 saturated heterocycles. The van der Waals surface area contributed by atoms with Gasteiger partial charge in [0.1, 0.15) is 0 Å². The molecule has 0 aromatic heterocycles. The molecule has 1 heterocycles. The van der Waals surface area contributed by atoms with Gasteiger partial charge in [-0.15, -0.1) is 0 Å². The first kappa shape index (κ1) is 15.3. The maximum Gasteiger partial charge on any atom is 0.0702 e. The van der Waals surface area contributed by atoms with Crippen molar-refractivity contribution in [1.82, 2.24) is 4.90 Å². The molecule has 2 rings (SSSR count). The van der Waals surface area contributed by atoms with Crippen LogP contribution in [0.15, 0.2) is 0 Å². The largest absolute Gasteiger partial charge is 0.391 e. The molecule has 112 valence electrons. The zero-order chi connectivity index (χ0) is 13.7. The monoisotopic (exact) mass is 269 g/mol. The molecular weight excluding hydrogens is 238 g/mol. The summed E-state index contributed by atoms with van der Waals surface area (Å²) >= 11 is 0. The fourth-order valence-corrected chi connectivity index (χ4v) is 3.67. The summed E-state index contributed by atoms with van der Waals surface area (Å²) in [6, 6.07) is 0.381. The van der Waals surface area contributed by atoms with Gasteiger partial charge in [0.2, 0.25) is 0 Å². The van der Waals surface area contributed by atoms with E-state index in [-0.39, 0.29) is 6.10 Å². The minimum absolute atomic E-state index is 0.118. The molecule has 4 unspecified atom stereocenters. The number of rotatable bonds is 5. The third kappa shape index (κ3) is 4.17. The molecule has 1 saturated carbocycles. The Hall–Kier alpha value is -0.120. The summed E-state index contributed by atoms with van der Waals surface area (Å²) in [5, 5.41) is 10.3. The summed E-state index contributed by atoms with van der Waals surface area (Å²) in [4.78, 5) is 2.51. The number of hydrogen-bond donors (Lipinski definition) is 1. The first-order chi connectivity index (χ1) is 9.24. The third-order valence-electron chi connectivity index (χ3n) is 4.90. The second-order valence-corrected chi connectivity index (χ2v) is 6.35. The van der Waals surface area contributed by atoms with Crippen molar-refractivity contribution < 1.29 is 9.84 Å². The number of hydrogen-bond acceptors (Lipinski definition) is 3. The molecule has 0 aromatic carbocycles. The van der Waals surface area contributed by atoms with E-state index in [0.717, 1.165) is 38.5 Å². The van der Waals surface area contributed by atoms with E-state index in [9.17, 15) is 5.11 Å². The van der Waals surface area contributed by atoms with Gasteiger partial charge in [-0.25, -0.2) is 0 Å². The molecule has 0 radical (unpaired) electrons. The highest BCUT2D eigenvalue weighted by atomic mass is 16.5. The fourth-order valence-electron chi connectivity index (χ4n) is 3.67. The lowest BCUT2D eigenvalue weighted by Crippen LogP contribution is -2.52. The highest BCUT2D eigenvalue weighted by Gasteiger charge is 2.35. The number of nitrogens with zero attached hydrogens (tertiary/aromatic N) is 1. The molecule has 0 bridgehead atoms. The molecule has 4 atom stereocenters. The Kier molecular flexibility index (Phi) is 6.11. The zero-order valence-corrected chi connectivity index (χ0v) is 12.7. The minimum Gasteiger partial charge on any atom is -0.391 e. The molecule has 1 N–H and O–H groups in total.